The molecule has 3 nitrogen and oxygen atoms in total. The van der Waals surface area contributed by atoms with Crippen molar-refractivity contribution in [2.75, 3.05) is 5.32 Å². The van der Waals surface area contributed by atoms with Crippen molar-refractivity contribution < 1.29 is 9.90 Å². The number of rotatable bonds is 3. The van der Waals surface area contributed by atoms with E-state index in [2.05, 4.69) is 5.32 Å². The fourth-order valence-corrected chi connectivity index (χ4v) is 3.66. The third-order valence-corrected chi connectivity index (χ3v) is 5.23. The summed E-state index contributed by atoms with van der Waals surface area (Å²) in [6, 6.07) is 19.9. The lowest BCUT2D eigenvalue weighted by atomic mass is 9.93. The molecule has 4 heteroatoms. The predicted octanol–water partition coefficient (Wildman–Crippen LogP) is 5.40. The summed E-state index contributed by atoms with van der Waals surface area (Å²) in [5, 5.41) is 13.7. The van der Waals surface area contributed by atoms with Crippen LogP contribution in [0.25, 0.3) is 22.3 Å². The molecule has 0 spiro atoms. The van der Waals surface area contributed by atoms with Gasteiger partial charge in [0.15, 0.2) is 0 Å². The van der Waals surface area contributed by atoms with Gasteiger partial charge in [-0.15, -0.1) is 0 Å². The average molecular weight is 378 g/mol. The maximum Gasteiger partial charge on any atom is 0.228 e. The van der Waals surface area contributed by atoms with E-state index in [-0.39, 0.29) is 5.91 Å². The number of benzene rings is 3. The van der Waals surface area contributed by atoms with Crippen molar-refractivity contribution in [3.05, 3.63) is 76.8 Å². The number of anilines is 1. The lowest BCUT2D eigenvalue weighted by molar-refractivity contribution is -0.115. The number of amides is 1. The van der Waals surface area contributed by atoms with Gasteiger partial charge in [0.25, 0.3) is 0 Å². The first-order valence-electron chi connectivity index (χ1n) is 8.87. The van der Waals surface area contributed by atoms with Gasteiger partial charge in [0.1, 0.15) is 0 Å². The van der Waals surface area contributed by atoms with Gasteiger partial charge in [-0.2, -0.15) is 0 Å². The second kappa shape index (κ2) is 6.52. The largest absolute Gasteiger partial charge is 0.386 e. The van der Waals surface area contributed by atoms with Gasteiger partial charge in [0.05, 0.1) is 17.0 Å². The first-order valence-corrected chi connectivity index (χ1v) is 9.25. The highest BCUT2D eigenvalue weighted by atomic mass is 35.5. The van der Waals surface area contributed by atoms with Gasteiger partial charge in [0.2, 0.25) is 5.91 Å². The van der Waals surface area contributed by atoms with E-state index in [1.54, 1.807) is 13.8 Å². The first-order chi connectivity index (χ1) is 12.8. The van der Waals surface area contributed by atoms with Crippen molar-refractivity contribution >= 4 is 23.2 Å². The summed E-state index contributed by atoms with van der Waals surface area (Å²) in [6.45, 7) is 3.56. The van der Waals surface area contributed by atoms with Gasteiger partial charge in [-0.25, -0.2) is 0 Å². The Bertz CT molecular complexity index is 1030. The third-order valence-electron chi connectivity index (χ3n) is 4.92. The van der Waals surface area contributed by atoms with Crippen LogP contribution in [-0.4, -0.2) is 11.0 Å². The van der Waals surface area contributed by atoms with Crippen molar-refractivity contribution in [3.63, 3.8) is 0 Å². The minimum Gasteiger partial charge on any atom is -0.386 e. The smallest absolute Gasteiger partial charge is 0.228 e. The topological polar surface area (TPSA) is 49.3 Å². The van der Waals surface area contributed by atoms with Gasteiger partial charge >= 0.3 is 0 Å². The van der Waals surface area contributed by atoms with Crippen molar-refractivity contribution in [1.82, 2.24) is 0 Å². The number of aliphatic hydroxyl groups is 1. The summed E-state index contributed by atoms with van der Waals surface area (Å²) >= 11 is 6.44. The fraction of sp³-hybridized carbons (Fsp3) is 0.174. The average Bonchev–Trinajstić information content (AvgIpc) is 2.99. The first kappa shape index (κ1) is 17.8. The summed E-state index contributed by atoms with van der Waals surface area (Å²) in [5.74, 6) is 0.000235. The predicted molar refractivity (Wildman–Crippen MR) is 110 cm³/mol. The van der Waals surface area contributed by atoms with Crippen LogP contribution in [-0.2, 0) is 16.8 Å². The summed E-state index contributed by atoms with van der Waals surface area (Å²) in [6.07, 6.45) is 0.390. The quantitative estimate of drug-likeness (QED) is 0.642. The molecule has 0 bridgehead atoms. The summed E-state index contributed by atoms with van der Waals surface area (Å²) in [7, 11) is 0. The van der Waals surface area contributed by atoms with Crippen LogP contribution in [0.3, 0.4) is 0 Å². The molecule has 4 rings (SSSR count). The Morgan fingerprint density at radius 1 is 0.963 bits per heavy atom. The van der Waals surface area contributed by atoms with Crippen LogP contribution in [0.1, 0.15) is 25.0 Å². The number of carbonyl (C=O) groups excluding carboxylic acids is 1. The van der Waals surface area contributed by atoms with Crippen molar-refractivity contribution in [1.29, 1.82) is 0 Å². The number of fused-ring (bicyclic) bond motifs is 1. The second-order valence-corrected chi connectivity index (χ2v) is 7.84. The van der Waals surface area contributed by atoms with Crippen LogP contribution in [0.2, 0.25) is 5.02 Å². The van der Waals surface area contributed by atoms with E-state index < -0.39 is 5.60 Å². The molecule has 0 aromatic heterocycles. The van der Waals surface area contributed by atoms with E-state index in [1.165, 1.54) is 0 Å². The van der Waals surface area contributed by atoms with Crippen LogP contribution in [0.15, 0.2) is 60.7 Å². The Hall–Kier alpha value is -2.62. The molecule has 3 aromatic rings. The highest BCUT2D eigenvalue weighted by Gasteiger charge is 2.20. The Morgan fingerprint density at radius 3 is 2.37 bits per heavy atom. The third kappa shape index (κ3) is 3.48. The number of halogens is 1. The zero-order chi connectivity index (χ0) is 19.2. The highest BCUT2D eigenvalue weighted by molar-refractivity contribution is 6.34. The van der Waals surface area contributed by atoms with Gasteiger partial charge in [-0.1, -0.05) is 54.1 Å². The molecule has 0 fully saturated rings. The minimum atomic E-state index is -0.876. The molecule has 3 aromatic carbocycles. The molecular weight excluding hydrogens is 358 g/mol. The molecule has 2 N–H and O–H groups in total. The molecule has 0 radical (unpaired) electrons. The van der Waals surface area contributed by atoms with E-state index >= 15 is 0 Å². The Balaban J connectivity index is 1.68. The molecular formula is C23H20ClNO2. The molecule has 0 atom stereocenters. The molecule has 0 aliphatic carbocycles. The zero-order valence-electron chi connectivity index (χ0n) is 15.2. The van der Waals surface area contributed by atoms with Crippen LogP contribution in [0, 0.1) is 0 Å². The Labute approximate surface area is 163 Å². The molecule has 0 saturated heterocycles. The number of hydrogen-bond donors (Lipinski definition) is 2. The molecule has 27 heavy (non-hydrogen) atoms. The normalized spacial score (nSPS) is 13.4. The number of nitrogens with one attached hydrogen (secondary N) is 1. The van der Waals surface area contributed by atoms with Crippen LogP contribution >= 0.6 is 11.6 Å². The highest BCUT2D eigenvalue weighted by Crippen LogP contribution is 2.36. The van der Waals surface area contributed by atoms with Crippen molar-refractivity contribution in [2.24, 2.45) is 0 Å². The molecule has 1 amide bonds. The van der Waals surface area contributed by atoms with Gasteiger partial charge in [-0.05, 0) is 59.9 Å². The van der Waals surface area contributed by atoms with E-state index in [0.29, 0.717) is 11.4 Å². The molecule has 0 saturated carbocycles. The lowest BCUT2D eigenvalue weighted by Gasteiger charge is -2.18. The molecule has 136 valence electrons. The second-order valence-electron chi connectivity index (χ2n) is 7.43. The molecule has 0 unspecified atom stereocenters. The SMILES string of the molecule is CC(C)(O)c1cccc(-c2ccc(-c3cc4c(cc3Cl)NC(=O)C4)cc2)c1. The standard InChI is InChI=1S/C23H20ClNO2/c1-23(2,27)18-5-3-4-16(10-18)14-6-8-15(9-7-14)19-11-17-12-22(26)25-21(17)13-20(19)24/h3-11,13,27H,12H2,1-2H3,(H,25,26). The maximum absolute atomic E-state index is 11.6. The van der Waals surface area contributed by atoms with Crippen LogP contribution in [0.5, 0.6) is 0 Å². The van der Waals surface area contributed by atoms with Gasteiger partial charge in [-0.3, -0.25) is 4.79 Å². The lowest BCUT2D eigenvalue weighted by Crippen LogP contribution is -2.15. The van der Waals surface area contributed by atoms with Crippen LogP contribution in [0.4, 0.5) is 5.69 Å². The number of hydrogen-bond acceptors (Lipinski definition) is 2. The number of carbonyl (C=O) groups is 1. The van der Waals surface area contributed by atoms with E-state index in [4.69, 9.17) is 11.6 Å². The molecule has 1 aliphatic rings. The fourth-order valence-electron chi connectivity index (χ4n) is 3.39. The van der Waals surface area contributed by atoms with Gasteiger partial charge < -0.3 is 10.4 Å². The molecule has 1 aliphatic heterocycles. The maximum atomic E-state index is 11.6. The summed E-state index contributed by atoms with van der Waals surface area (Å²) < 4.78 is 0. The summed E-state index contributed by atoms with van der Waals surface area (Å²) in [5.41, 5.74) is 5.82. The van der Waals surface area contributed by atoms with Crippen molar-refractivity contribution in [2.45, 2.75) is 25.9 Å². The monoisotopic (exact) mass is 377 g/mol. The van der Waals surface area contributed by atoms with E-state index in [1.807, 2.05) is 60.7 Å². The van der Waals surface area contributed by atoms with Gasteiger partial charge in [0, 0.05) is 11.3 Å². The van der Waals surface area contributed by atoms with Crippen molar-refractivity contribution in [3.8, 4) is 22.3 Å². The van der Waals surface area contributed by atoms with E-state index in [0.717, 1.165) is 39.1 Å². The Morgan fingerprint density at radius 2 is 1.67 bits per heavy atom. The minimum absolute atomic E-state index is 0.000235. The Kier molecular flexibility index (Phi) is 4.29. The zero-order valence-corrected chi connectivity index (χ0v) is 16.0. The summed E-state index contributed by atoms with van der Waals surface area (Å²) in [4.78, 5) is 11.6. The van der Waals surface area contributed by atoms with E-state index in [9.17, 15) is 9.90 Å². The molecule has 1 heterocycles. The van der Waals surface area contributed by atoms with Crippen LogP contribution < -0.4 is 5.32 Å².